The number of rotatable bonds is 4. The van der Waals surface area contributed by atoms with Crippen molar-refractivity contribution in [1.82, 2.24) is 0 Å². The van der Waals surface area contributed by atoms with Crippen LogP contribution in [0.4, 0.5) is 0 Å². The van der Waals surface area contributed by atoms with Crippen molar-refractivity contribution in [1.29, 1.82) is 0 Å². The predicted octanol–water partition coefficient (Wildman–Crippen LogP) is 3.39. The molecule has 17 heavy (non-hydrogen) atoms. The number of ether oxygens (including phenoxy) is 1. The number of hydrogen-bond donors (Lipinski definition) is 1. The second-order valence-electron chi connectivity index (χ2n) is 3.74. The zero-order valence-electron chi connectivity index (χ0n) is 9.57. The lowest BCUT2D eigenvalue weighted by molar-refractivity contribution is 0.264. The van der Waals surface area contributed by atoms with Crippen LogP contribution in [0.1, 0.15) is 17.1 Å². The highest BCUT2D eigenvalue weighted by Crippen LogP contribution is 2.25. The van der Waals surface area contributed by atoms with E-state index >= 15 is 0 Å². The highest BCUT2D eigenvalue weighted by molar-refractivity contribution is 9.10. The second kappa shape index (κ2) is 5.38. The minimum Gasteiger partial charge on any atom is -0.484 e. The molecule has 90 valence electrons. The Morgan fingerprint density at radius 3 is 2.76 bits per heavy atom. The third-order valence-corrected chi connectivity index (χ3v) is 3.12. The van der Waals surface area contributed by atoms with E-state index < -0.39 is 0 Å². The van der Waals surface area contributed by atoms with Crippen molar-refractivity contribution < 1.29 is 9.15 Å². The largest absolute Gasteiger partial charge is 0.484 e. The fourth-order valence-corrected chi connectivity index (χ4v) is 1.97. The van der Waals surface area contributed by atoms with E-state index in [2.05, 4.69) is 15.9 Å². The van der Waals surface area contributed by atoms with Crippen LogP contribution >= 0.6 is 15.9 Å². The van der Waals surface area contributed by atoms with Crippen molar-refractivity contribution in [3.8, 4) is 5.75 Å². The Labute approximate surface area is 109 Å². The van der Waals surface area contributed by atoms with Crippen molar-refractivity contribution >= 4 is 15.9 Å². The monoisotopic (exact) mass is 295 g/mol. The van der Waals surface area contributed by atoms with Crippen molar-refractivity contribution in [2.45, 2.75) is 20.1 Å². The molecule has 0 amide bonds. The molecule has 1 aromatic heterocycles. The van der Waals surface area contributed by atoms with Gasteiger partial charge in [-0.3, -0.25) is 0 Å². The van der Waals surface area contributed by atoms with Gasteiger partial charge in [0.15, 0.2) is 0 Å². The predicted molar refractivity (Wildman–Crippen MR) is 69.8 cm³/mol. The third kappa shape index (κ3) is 2.90. The first-order chi connectivity index (χ1) is 8.20. The molecule has 4 heteroatoms. The summed E-state index contributed by atoms with van der Waals surface area (Å²) < 4.78 is 12.1. The van der Waals surface area contributed by atoms with Gasteiger partial charge in [-0.05, 0) is 46.6 Å². The average molecular weight is 296 g/mol. The molecule has 3 nitrogen and oxygen atoms in total. The molecule has 2 N–H and O–H groups in total. The van der Waals surface area contributed by atoms with E-state index in [1.165, 1.54) is 0 Å². The molecular formula is C13H14BrNO2. The number of nitrogens with two attached hydrogens (primary N) is 1. The summed E-state index contributed by atoms with van der Waals surface area (Å²) in [5.74, 6) is 2.41. The Bertz CT molecular complexity index is 508. The molecule has 0 unspecified atom stereocenters. The van der Waals surface area contributed by atoms with Gasteiger partial charge in [0.05, 0.1) is 11.0 Å². The van der Waals surface area contributed by atoms with Gasteiger partial charge in [-0.25, -0.2) is 0 Å². The Balaban J connectivity index is 2.05. The maximum atomic E-state index is 5.65. The summed E-state index contributed by atoms with van der Waals surface area (Å²) >= 11 is 3.43. The lowest BCUT2D eigenvalue weighted by Crippen LogP contribution is -1.96. The van der Waals surface area contributed by atoms with Gasteiger partial charge in [-0.15, -0.1) is 0 Å². The molecule has 0 aliphatic heterocycles. The highest BCUT2D eigenvalue weighted by Gasteiger charge is 2.07. The lowest BCUT2D eigenvalue weighted by atomic mass is 10.2. The van der Waals surface area contributed by atoms with Gasteiger partial charge in [0, 0.05) is 0 Å². The highest BCUT2D eigenvalue weighted by atomic mass is 79.9. The molecule has 2 rings (SSSR count). The summed E-state index contributed by atoms with van der Waals surface area (Å²) in [7, 11) is 0. The fraction of sp³-hybridized carbons (Fsp3) is 0.231. The standard InChI is InChI=1S/C13H14BrNO2/c1-9-6-10(17-13(9)7-15)8-16-12-5-3-2-4-11(12)14/h2-6H,7-8,15H2,1H3. The van der Waals surface area contributed by atoms with E-state index in [1.54, 1.807) is 0 Å². The van der Waals surface area contributed by atoms with Crippen LogP contribution < -0.4 is 10.5 Å². The number of benzene rings is 1. The van der Waals surface area contributed by atoms with Crippen LogP contribution in [0.5, 0.6) is 5.75 Å². The van der Waals surface area contributed by atoms with Crippen LogP contribution in [0.2, 0.25) is 0 Å². The molecule has 0 aliphatic rings. The second-order valence-corrected chi connectivity index (χ2v) is 4.60. The van der Waals surface area contributed by atoms with Crippen LogP contribution in [0.25, 0.3) is 0 Å². The molecule has 0 bridgehead atoms. The lowest BCUT2D eigenvalue weighted by Gasteiger charge is -2.05. The van der Waals surface area contributed by atoms with Crippen LogP contribution in [0, 0.1) is 6.92 Å². The van der Waals surface area contributed by atoms with Gasteiger partial charge in [0.2, 0.25) is 0 Å². The van der Waals surface area contributed by atoms with Crippen molar-refractivity contribution in [3.63, 3.8) is 0 Å². The van der Waals surface area contributed by atoms with Crippen LogP contribution in [0.15, 0.2) is 39.2 Å². The van der Waals surface area contributed by atoms with Crippen molar-refractivity contribution in [2.75, 3.05) is 0 Å². The molecule has 0 aliphatic carbocycles. The van der Waals surface area contributed by atoms with E-state index in [1.807, 2.05) is 37.3 Å². The minimum atomic E-state index is 0.406. The van der Waals surface area contributed by atoms with Crippen molar-refractivity contribution in [3.05, 3.63) is 51.9 Å². The first-order valence-electron chi connectivity index (χ1n) is 5.36. The summed E-state index contributed by atoms with van der Waals surface area (Å²) in [5.41, 5.74) is 6.62. The Kier molecular flexibility index (Phi) is 3.86. The molecule has 1 aromatic carbocycles. The topological polar surface area (TPSA) is 48.4 Å². The number of halogens is 1. The zero-order valence-corrected chi connectivity index (χ0v) is 11.2. The summed E-state index contributed by atoms with van der Waals surface area (Å²) in [6.45, 7) is 2.80. The van der Waals surface area contributed by atoms with Crippen molar-refractivity contribution in [2.24, 2.45) is 5.73 Å². The van der Waals surface area contributed by atoms with Crippen LogP contribution in [0.3, 0.4) is 0 Å². The molecule has 2 aromatic rings. The van der Waals surface area contributed by atoms with Gasteiger partial charge in [0.1, 0.15) is 23.9 Å². The first-order valence-corrected chi connectivity index (χ1v) is 6.15. The van der Waals surface area contributed by atoms with E-state index in [-0.39, 0.29) is 0 Å². The molecule has 0 radical (unpaired) electrons. The quantitative estimate of drug-likeness (QED) is 0.940. The molecule has 0 atom stereocenters. The summed E-state index contributed by atoms with van der Waals surface area (Å²) in [6.07, 6.45) is 0. The Morgan fingerprint density at radius 1 is 1.35 bits per heavy atom. The number of hydrogen-bond acceptors (Lipinski definition) is 3. The van der Waals surface area contributed by atoms with Gasteiger partial charge in [-0.1, -0.05) is 12.1 Å². The normalized spacial score (nSPS) is 10.5. The number of aryl methyl sites for hydroxylation is 1. The summed E-state index contributed by atoms with van der Waals surface area (Å²) in [4.78, 5) is 0. The van der Waals surface area contributed by atoms with E-state index in [0.29, 0.717) is 13.2 Å². The Hall–Kier alpha value is -1.26. The van der Waals surface area contributed by atoms with Gasteiger partial charge in [-0.2, -0.15) is 0 Å². The molecule has 1 heterocycles. The molecule has 0 spiro atoms. The van der Waals surface area contributed by atoms with Crippen LogP contribution in [-0.2, 0) is 13.2 Å². The minimum absolute atomic E-state index is 0.406. The first kappa shape index (κ1) is 12.2. The average Bonchev–Trinajstić information content (AvgIpc) is 2.69. The smallest absolute Gasteiger partial charge is 0.146 e. The Morgan fingerprint density at radius 2 is 2.12 bits per heavy atom. The fourth-order valence-electron chi connectivity index (χ4n) is 1.57. The number of para-hydroxylation sites is 1. The van der Waals surface area contributed by atoms with Gasteiger partial charge < -0.3 is 14.9 Å². The third-order valence-electron chi connectivity index (χ3n) is 2.46. The molecule has 0 fully saturated rings. The summed E-state index contributed by atoms with van der Waals surface area (Å²) in [5, 5.41) is 0. The summed E-state index contributed by atoms with van der Waals surface area (Å²) in [6, 6.07) is 9.68. The number of furan rings is 1. The van der Waals surface area contributed by atoms with E-state index in [9.17, 15) is 0 Å². The zero-order chi connectivity index (χ0) is 12.3. The van der Waals surface area contributed by atoms with E-state index in [4.69, 9.17) is 14.9 Å². The van der Waals surface area contributed by atoms with Gasteiger partial charge >= 0.3 is 0 Å². The molecular weight excluding hydrogens is 282 g/mol. The maximum absolute atomic E-state index is 5.65. The van der Waals surface area contributed by atoms with Crippen LogP contribution in [-0.4, -0.2) is 0 Å². The van der Waals surface area contributed by atoms with Gasteiger partial charge in [0.25, 0.3) is 0 Å². The maximum Gasteiger partial charge on any atom is 0.146 e. The molecule has 0 saturated carbocycles. The SMILES string of the molecule is Cc1cc(COc2ccccc2Br)oc1CN. The molecule has 0 saturated heterocycles. The van der Waals surface area contributed by atoms with E-state index in [0.717, 1.165) is 27.3 Å².